The van der Waals surface area contributed by atoms with Crippen LogP contribution in [-0.4, -0.2) is 32.2 Å². The summed E-state index contributed by atoms with van der Waals surface area (Å²) in [4.78, 5) is 12.8. The Morgan fingerprint density at radius 2 is 1.80 bits per heavy atom. The van der Waals surface area contributed by atoms with Gasteiger partial charge in [-0.05, 0) is 43.4 Å². The van der Waals surface area contributed by atoms with Gasteiger partial charge in [0.05, 0.1) is 5.41 Å². The minimum absolute atomic E-state index is 0. The van der Waals surface area contributed by atoms with Gasteiger partial charge in [0.2, 0.25) is 5.91 Å². The normalized spacial score (nSPS) is 16.8. The van der Waals surface area contributed by atoms with Crippen molar-refractivity contribution in [3.8, 4) is 0 Å². The lowest BCUT2D eigenvalue weighted by Gasteiger charge is -2.37. The predicted molar refractivity (Wildman–Crippen MR) is 106 cm³/mol. The van der Waals surface area contributed by atoms with Crippen LogP contribution in [0.5, 0.6) is 0 Å². The number of hydrogen-bond donors (Lipinski definition) is 2. The lowest BCUT2D eigenvalue weighted by Crippen LogP contribution is -2.52. The lowest BCUT2D eigenvalue weighted by atomic mass is 9.74. The molecule has 0 bridgehead atoms. The van der Waals surface area contributed by atoms with Gasteiger partial charge in [0, 0.05) is 36.7 Å². The van der Waals surface area contributed by atoms with Gasteiger partial charge in [-0.1, -0.05) is 37.6 Å². The van der Waals surface area contributed by atoms with Gasteiger partial charge < -0.3 is 15.8 Å². The molecule has 3 N–H and O–H groups in total. The molecule has 1 aromatic carbocycles. The molecule has 6 heteroatoms. The summed E-state index contributed by atoms with van der Waals surface area (Å²) in [7, 11) is 0. The monoisotopic (exact) mass is 388 g/mol. The van der Waals surface area contributed by atoms with Crippen LogP contribution in [0.2, 0.25) is 5.02 Å². The molecule has 0 unspecified atom stereocenters. The van der Waals surface area contributed by atoms with Gasteiger partial charge in [0.15, 0.2) is 0 Å². The van der Waals surface area contributed by atoms with Crippen molar-refractivity contribution in [1.29, 1.82) is 0 Å². The first-order valence-corrected chi connectivity index (χ1v) is 9.22. The number of ether oxygens (including phenoxy) is 1. The second-order valence-corrected chi connectivity index (χ2v) is 7.21. The van der Waals surface area contributed by atoms with Crippen LogP contribution in [0, 0.1) is 5.41 Å². The Bertz CT molecular complexity index is 539. The van der Waals surface area contributed by atoms with Crippen LogP contribution < -0.4 is 11.1 Å². The molecule has 142 valence electrons. The fraction of sp³-hybridized carbons (Fsp3) is 0.632. The number of hydrogen-bond acceptors (Lipinski definition) is 3. The van der Waals surface area contributed by atoms with E-state index in [1.807, 2.05) is 12.1 Å². The average molecular weight is 389 g/mol. The molecule has 1 saturated heterocycles. The summed E-state index contributed by atoms with van der Waals surface area (Å²) >= 11 is 6.02. The predicted octanol–water partition coefficient (Wildman–Crippen LogP) is 3.69. The van der Waals surface area contributed by atoms with Crippen molar-refractivity contribution in [3.05, 3.63) is 34.9 Å². The van der Waals surface area contributed by atoms with Crippen LogP contribution in [0.15, 0.2) is 24.3 Å². The third kappa shape index (κ3) is 4.88. The van der Waals surface area contributed by atoms with E-state index in [1.54, 1.807) is 0 Å². The highest BCUT2D eigenvalue weighted by Gasteiger charge is 2.40. The Balaban J connectivity index is 0.00000312. The summed E-state index contributed by atoms with van der Waals surface area (Å²) in [5.74, 6) is 0.0635. The summed E-state index contributed by atoms with van der Waals surface area (Å²) in [6, 6.07) is 7.96. The highest BCUT2D eigenvalue weighted by atomic mass is 35.5. The Labute approximate surface area is 162 Å². The quantitative estimate of drug-likeness (QED) is 0.748. The zero-order valence-corrected chi connectivity index (χ0v) is 16.7. The molecule has 0 atom stereocenters. The number of nitrogens with two attached hydrogens (primary N) is 1. The Hall–Kier alpha value is -0.810. The van der Waals surface area contributed by atoms with Gasteiger partial charge in [-0.2, -0.15) is 0 Å². The van der Waals surface area contributed by atoms with Gasteiger partial charge in [-0.25, -0.2) is 0 Å². The molecule has 1 heterocycles. The van der Waals surface area contributed by atoms with Gasteiger partial charge in [-0.15, -0.1) is 12.4 Å². The van der Waals surface area contributed by atoms with E-state index in [0.29, 0.717) is 39.1 Å². The Kier molecular flexibility index (Phi) is 8.69. The topological polar surface area (TPSA) is 64.4 Å². The molecule has 0 radical (unpaired) electrons. The second-order valence-electron chi connectivity index (χ2n) is 6.77. The van der Waals surface area contributed by atoms with Gasteiger partial charge in [0.25, 0.3) is 0 Å². The summed E-state index contributed by atoms with van der Waals surface area (Å²) < 4.78 is 5.40. The summed E-state index contributed by atoms with van der Waals surface area (Å²) in [6.07, 6.45) is 3.29. The summed E-state index contributed by atoms with van der Waals surface area (Å²) in [6.45, 7) is 6.52. The number of halogens is 2. The van der Waals surface area contributed by atoms with Crippen LogP contribution in [0.25, 0.3) is 0 Å². The van der Waals surface area contributed by atoms with E-state index >= 15 is 0 Å². The zero-order chi connectivity index (χ0) is 17.6. The fourth-order valence-corrected chi connectivity index (χ4v) is 3.66. The van der Waals surface area contributed by atoms with Crippen LogP contribution in [0.1, 0.15) is 45.1 Å². The number of carbonyl (C=O) groups excluding carboxylic acids is 1. The largest absolute Gasteiger partial charge is 0.381 e. The van der Waals surface area contributed by atoms with Crippen LogP contribution in [0.3, 0.4) is 0 Å². The maximum absolute atomic E-state index is 12.8. The molecule has 0 saturated carbocycles. The molecule has 1 amide bonds. The standard InChI is InChI=1S/C19H29ClN2O2.ClH/c1-3-18(4-2,15-5-7-16(20)8-6-15)14-22-17(23)19(13-21)9-11-24-12-10-19;/h5-8H,3-4,9-14,21H2,1-2H3,(H,22,23);1H. The van der Waals surface area contributed by atoms with Crippen molar-refractivity contribution < 1.29 is 9.53 Å². The van der Waals surface area contributed by atoms with E-state index < -0.39 is 5.41 Å². The number of benzene rings is 1. The molecular formula is C19H30Cl2N2O2. The smallest absolute Gasteiger partial charge is 0.227 e. The van der Waals surface area contributed by atoms with Gasteiger partial charge in [-0.3, -0.25) is 4.79 Å². The van der Waals surface area contributed by atoms with E-state index in [4.69, 9.17) is 22.1 Å². The number of rotatable bonds is 7. The number of amides is 1. The molecule has 1 aliphatic heterocycles. The van der Waals surface area contributed by atoms with E-state index in [2.05, 4.69) is 31.3 Å². The first kappa shape index (κ1) is 22.2. The van der Waals surface area contributed by atoms with Crippen LogP contribution in [-0.2, 0) is 14.9 Å². The molecule has 1 aliphatic rings. The van der Waals surface area contributed by atoms with Crippen molar-refractivity contribution in [2.75, 3.05) is 26.3 Å². The highest BCUT2D eigenvalue weighted by Crippen LogP contribution is 2.33. The molecule has 2 rings (SSSR count). The molecule has 1 fully saturated rings. The van der Waals surface area contributed by atoms with E-state index in [-0.39, 0.29) is 23.7 Å². The van der Waals surface area contributed by atoms with Crippen molar-refractivity contribution in [1.82, 2.24) is 5.32 Å². The minimum atomic E-state index is -0.481. The summed E-state index contributed by atoms with van der Waals surface area (Å²) in [5, 5.41) is 3.92. The van der Waals surface area contributed by atoms with Crippen molar-refractivity contribution >= 4 is 29.9 Å². The molecule has 0 aromatic heterocycles. The van der Waals surface area contributed by atoms with Crippen molar-refractivity contribution in [2.45, 2.75) is 44.9 Å². The molecule has 4 nitrogen and oxygen atoms in total. The van der Waals surface area contributed by atoms with E-state index in [0.717, 1.165) is 17.9 Å². The Morgan fingerprint density at radius 3 is 2.28 bits per heavy atom. The van der Waals surface area contributed by atoms with Crippen LogP contribution >= 0.6 is 24.0 Å². The Morgan fingerprint density at radius 1 is 1.24 bits per heavy atom. The number of nitrogens with one attached hydrogen (secondary N) is 1. The highest BCUT2D eigenvalue weighted by molar-refractivity contribution is 6.30. The van der Waals surface area contributed by atoms with E-state index in [1.165, 1.54) is 5.56 Å². The minimum Gasteiger partial charge on any atom is -0.381 e. The average Bonchev–Trinajstić information content (AvgIpc) is 2.64. The maximum atomic E-state index is 12.8. The third-order valence-electron chi connectivity index (χ3n) is 5.72. The third-order valence-corrected chi connectivity index (χ3v) is 5.97. The lowest BCUT2D eigenvalue weighted by molar-refractivity contribution is -0.136. The van der Waals surface area contributed by atoms with Gasteiger partial charge in [0.1, 0.15) is 0 Å². The zero-order valence-electron chi connectivity index (χ0n) is 15.1. The fourth-order valence-electron chi connectivity index (χ4n) is 3.54. The van der Waals surface area contributed by atoms with Crippen molar-refractivity contribution in [3.63, 3.8) is 0 Å². The maximum Gasteiger partial charge on any atom is 0.227 e. The second kappa shape index (κ2) is 9.77. The van der Waals surface area contributed by atoms with Gasteiger partial charge >= 0.3 is 0 Å². The molecule has 0 aliphatic carbocycles. The summed E-state index contributed by atoms with van der Waals surface area (Å²) in [5.41, 5.74) is 6.59. The first-order chi connectivity index (χ1) is 11.5. The molecule has 1 aromatic rings. The SMILES string of the molecule is CCC(CC)(CNC(=O)C1(CN)CCOCC1)c1ccc(Cl)cc1.Cl. The molecule has 25 heavy (non-hydrogen) atoms. The number of carbonyl (C=O) groups is 1. The molecular weight excluding hydrogens is 359 g/mol. The van der Waals surface area contributed by atoms with E-state index in [9.17, 15) is 4.79 Å². The van der Waals surface area contributed by atoms with Crippen LogP contribution in [0.4, 0.5) is 0 Å². The molecule has 0 spiro atoms. The first-order valence-electron chi connectivity index (χ1n) is 8.84. The van der Waals surface area contributed by atoms with Crippen molar-refractivity contribution in [2.24, 2.45) is 11.1 Å².